The summed E-state index contributed by atoms with van der Waals surface area (Å²) in [6, 6.07) is 3.93. The maximum absolute atomic E-state index is 12.4. The molecule has 1 aromatic heterocycles. The van der Waals surface area contributed by atoms with E-state index in [0.717, 1.165) is 36.5 Å². The zero-order chi connectivity index (χ0) is 18.7. The quantitative estimate of drug-likeness (QED) is 0.630. The van der Waals surface area contributed by atoms with Gasteiger partial charge in [0.15, 0.2) is 0 Å². The molecule has 9 heteroatoms. The summed E-state index contributed by atoms with van der Waals surface area (Å²) in [6.45, 7) is 4.58. The molecular weight excluding hydrogens is 420 g/mol. The number of likely N-dealkylation sites (N-methyl/N-ethyl adjacent to an activating group) is 1. The third kappa shape index (κ3) is 4.63. The highest BCUT2D eigenvalue weighted by Gasteiger charge is 2.33. The number of thiophene rings is 1. The number of carbonyl (C=O) groups is 3. The van der Waals surface area contributed by atoms with Crippen LogP contribution in [0, 0.1) is 0 Å². The minimum absolute atomic E-state index is 0.107. The van der Waals surface area contributed by atoms with Gasteiger partial charge in [-0.1, -0.05) is 0 Å². The van der Waals surface area contributed by atoms with Crippen LogP contribution in [0.4, 0.5) is 4.79 Å². The lowest BCUT2D eigenvalue weighted by Gasteiger charge is -2.34. The first-order valence-electron chi connectivity index (χ1n) is 8.74. The van der Waals surface area contributed by atoms with E-state index in [9.17, 15) is 14.4 Å². The molecule has 3 heterocycles. The third-order valence-corrected chi connectivity index (χ3v) is 6.34. The van der Waals surface area contributed by atoms with Gasteiger partial charge in [0, 0.05) is 57.6 Å². The molecular formula is C17H23BrN4O3S. The number of rotatable bonds is 6. The van der Waals surface area contributed by atoms with Crippen LogP contribution < -0.4 is 0 Å². The zero-order valence-corrected chi connectivity index (χ0v) is 17.2. The molecule has 3 rings (SSSR count). The Bertz CT molecular complexity index is 687. The second kappa shape index (κ2) is 8.49. The lowest BCUT2D eigenvalue weighted by atomic mass is 10.2. The fourth-order valence-corrected chi connectivity index (χ4v) is 4.77. The van der Waals surface area contributed by atoms with E-state index in [0.29, 0.717) is 19.4 Å². The van der Waals surface area contributed by atoms with Crippen molar-refractivity contribution in [3.63, 3.8) is 0 Å². The van der Waals surface area contributed by atoms with Gasteiger partial charge in [0.1, 0.15) is 6.54 Å². The number of hydrogen-bond donors (Lipinski definition) is 0. The van der Waals surface area contributed by atoms with E-state index in [-0.39, 0.29) is 24.4 Å². The largest absolute Gasteiger partial charge is 0.340 e. The van der Waals surface area contributed by atoms with E-state index < -0.39 is 0 Å². The third-order valence-electron chi connectivity index (χ3n) is 4.74. The summed E-state index contributed by atoms with van der Waals surface area (Å²) in [5.41, 5.74) is 0. The van der Waals surface area contributed by atoms with Gasteiger partial charge in [0.25, 0.3) is 0 Å². The van der Waals surface area contributed by atoms with Crippen molar-refractivity contribution in [3.05, 3.63) is 20.8 Å². The highest BCUT2D eigenvalue weighted by molar-refractivity contribution is 9.11. The molecule has 7 nitrogen and oxygen atoms in total. The molecule has 0 aliphatic carbocycles. The average Bonchev–Trinajstić information content (AvgIpc) is 3.12. The summed E-state index contributed by atoms with van der Waals surface area (Å²) in [6.07, 6.45) is 0.895. The molecule has 2 aliphatic rings. The number of piperazine rings is 1. The zero-order valence-electron chi connectivity index (χ0n) is 14.8. The van der Waals surface area contributed by atoms with Crippen LogP contribution in [0.15, 0.2) is 15.9 Å². The van der Waals surface area contributed by atoms with Crippen molar-refractivity contribution in [2.45, 2.75) is 19.4 Å². The topological polar surface area (TPSA) is 64.2 Å². The summed E-state index contributed by atoms with van der Waals surface area (Å²) in [4.78, 5) is 44.1. The predicted molar refractivity (Wildman–Crippen MR) is 103 cm³/mol. The van der Waals surface area contributed by atoms with Crippen LogP contribution >= 0.6 is 27.3 Å². The normalized spacial score (nSPS) is 18.9. The lowest BCUT2D eigenvalue weighted by molar-refractivity contribution is -0.133. The standard InChI is InChI=1S/C17H23BrN4O3S/c1-19-12-16(24)22(17(19)25)6-2-3-15(23)21-9-7-20(8-10-21)11-13-4-5-14(18)26-13/h4-5H,2-3,6-12H2,1H3. The number of amides is 4. The Kier molecular flexibility index (Phi) is 6.31. The molecule has 0 N–H and O–H groups in total. The molecule has 0 aromatic carbocycles. The fourth-order valence-electron chi connectivity index (χ4n) is 3.25. The van der Waals surface area contributed by atoms with Crippen LogP contribution in [0.1, 0.15) is 17.7 Å². The average molecular weight is 443 g/mol. The van der Waals surface area contributed by atoms with Crippen LogP contribution in [0.5, 0.6) is 0 Å². The second-order valence-electron chi connectivity index (χ2n) is 6.65. The Labute approximate surface area is 165 Å². The van der Waals surface area contributed by atoms with Crippen molar-refractivity contribution in [2.24, 2.45) is 0 Å². The van der Waals surface area contributed by atoms with E-state index in [1.807, 2.05) is 4.90 Å². The first-order chi connectivity index (χ1) is 12.4. The Morgan fingerprint density at radius 1 is 1.19 bits per heavy atom. The van der Waals surface area contributed by atoms with Gasteiger partial charge in [0.05, 0.1) is 3.79 Å². The van der Waals surface area contributed by atoms with Crippen molar-refractivity contribution >= 4 is 45.1 Å². The molecule has 1 aromatic rings. The summed E-state index contributed by atoms with van der Waals surface area (Å²) < 4.78 is 1.14. The summed E-state index contributed by atoms with van der Waals surface area (Å²) in [7, 11) is 1.61. The number of hydrogen-bond acceptors (Lipinski definition) is 5. The number of carbonyl (C=O) groups excluding carboxylic acids is 3. The molecule has 2 saturated heterocycles. The molecule has 0 saturated carbocycles. The number of nitrogens with zero attached hydrogens (tertiary/aromatic N) is 4. The van der Waals surface area contributed by atoms with Crippen LogP contribution in [0.25, 0.3) is 0 Å². The van der Waals surface area contributed by atoms with Gasteiger partial charge in [0.2, 0.25) is 11.8 Å². The molecule has 2 aliphatic heterocycles. The molecule has 0 atom stereocenters. The van der Waals surface area contributed by atoms with Gasteiger partial charge in [-0.2, -0.15) is 0 Å². The second-order valence-corrected chi connectivity index (χ2v) is 9.20. The van der Waals surface area contributed by atoms with E-state index in [4.69, 9.17) is 0 Å². The summed E-state index contributed by atoms with van der Waals surface area (Å²) in [5, 5.41) is 0. The minimum atomic E-state index is -0.267. The van der Waals surface area contributed by atoms with Gasteiger partial charge >= 0.3 is 6.03 Å². The van der Waals surface area contributed by atoms with Gasteiger partial charge in [-0.05, 0) is 34.5 Å². The monoisotopic (exact) mass is 442 g/mol. The van der Waals surface area contributed by atoms with Crippen LogP contribution in [-0.2, 0) is 16.1 Å². The molecule has 0 bridgehead atoms. The van der Waals surface area contributed by atoms with Gasteiger partial charge in [-0.25, -0.2) is 4.79 Å². The number of imide groups is 1. The molecule has 0 spiro atoms. The molecule has 26 heavy (non-hydrogen) atoms. The predicted octanol–water partition coefficient (Wildman–Crippen LogP) is 1.83. The van der Waals surface area contributed by atoms with Gasteiger partial charge in [-0.15, -0.1) is 11.3 Å². The summed E-state index contributed by atoms with van der Waals surface area (Å²) >= 11 is 5.23. The molecule has 0 unspecified atom stereocenters. The van der Waals surface area contributed by atoms with Crippen molar-refractivity contribution in [2.75, 3.05) is 46.3 Å². The fraction of sp³-hybridized carbons (Fsp3) is 0.588. The first kappa shape index (κ1) is 19.3. The van der Waals surface area contributed by atoms with Crippen LogP contribution in [0.2, 0.25) is 0 Å². The van der Waals surface area contributed by atoms with Crippen LogP contribution in [0.3, 0.4) is 0 Å². The Balaban J connectivity index is 1.37. The van der Waals surface area contributed by atoms with E-state index in [2.05, 4.69) is 33.0 Å². The van der Waals surface area contributed by atoms with Crippen molar-refractivity contribution in [1.82, 2.24) is 19.6 Å². The van der Waals surface area contributed by atoms with Crippen molar-refractivity contribution in [3.8, 4) is 0 Å². The minimum Gasteiger partial charge on any atom is -0.340 e. The Morgan fingerprint density at radius 2 is 1.92 bits per heavy atom. The SMILES string of the molecule is CN1CC(=O)N(CCCC(=O)N2CCN(Cc3ccc(Br)s3)CC2)C1=O. The molecule has 142 valence electrons. The van der Waals surface area contributed by atoms with Gasteiger partial charge in [-0.3, -0.25) is 19.4 Å². The van der Waals surface area contributed by atoms with Crippen molar-refractivity contribution in [1.29, 1.82) is 0 Å². The Hall–Kier alpha value is -1.45. The maximum atomic E-state index is 12.4. The van der Waals surface area contributed by atoms with Crippen LogP contribution in [-0.4, -0.2) is 83.8 Å². The first-order valence-corrected chi connectivity index (χ1v) is 10.3. The number of halogens is 1. The highest BCUT2D eigenvalue weighted by Crippen LogP contribution is 2.23. The van der Waals surface area contributed by atoms with E-state index in [1.54, 1.807) is 18.4 Å². The van der Waals surface area contributed by atoms with E-state index >= 15 is 0 Å². The lowest BCUT2D eigenvalue weighted by Crippen LogP contribution is -2.48. The molecule has 0 radical (unpaired) electrons. The van der Waals surface area contributed by atoms with Crippen molar-refractivity contribution < 1.29 is 14.4 Å². The smallest absolute Gasteiger partial charge is 0.326 e. The van der Waals surface area contributed by atoms with E-state index in [1.165, 1.54) is 14.7 Å². The molecule has 2 fully saturated rings. The number of urea groups is 1. The Morgan fingerprint density at radius 3 is 2.50 bits per heavy atom. The summed E-state index contributed by atoms with van der Waals surface area (Å²) in [5.74, 6) is -0.0743. The van der Waals surface area contributed by atoms with Gasteiger partial charge < -0.3 is 9.80 Å². The molecule has 4 amide bonds. The highest BCUT2D eigenvalue weighted by atomic mass is 79.9. The maximum Gasteiger partial charge on any atom is 0.326 e.